The quantitative estimate of drug-likeness (QED) is 0.894. The van der Waals surface area contributed by atoms with Gasteiger partial charge in [-0.2, -0.15) is 0 Å². The average Bonchev–Trinajstić information content (AvgIpc) is 2.45. The van der Waals surface area contributed by atoms with Gasteiger partial charge in [0.15, 0.2) is 6.61 Å². The van der Waals surface area contributed by atoms with Crippen molar-refractivity contribution in [3.8, 4) is 5.75 Å². The van der Waals surface area contributed by atoms with E-state index in [1.165, 1.54) is 0 Å². The maximum absolute atomic E-state index is 11.9. The van der Waals surface area contributed by atoms with Gasteiger partial charge < -0.3 is 19.5 Å². The molecule has 0 aromatic heterocycles. The molecule has 1 aliphatic rings. The summed E-state index contributed by atoms with van der Waals surface area (Å²) in [6, 6.07) is 6.91. The molecule has 19 heavy (non-hydrogen) atoms. The van der Waals surface area contributed by atoms with Crippen LogP contribution in [0.25, 0.3) is 0 Å². The van der Waals surface area contributed by atoms with Gasteiger partial charge in [0.2, 0.25) is 0 Å². The van der Waals surface area contributed by atoms with Crippen LogP contribution < -0.4 is 4.74 Å². The number of aliphatic hydroxyl groups is 1. The van der Waals surface area contributed by atoms with Crippen molar-refractivity contribution < 1.29 is 19.4 Å². The van der Waals surface area contributed by atoms with E-state index in [2.05, 4.69) is 0 Å². The number of halogens is 1. The largest absolute Gasteiger partial charge is 0.484 e. The van der Waals surface area contributed by atoms with Crippen LogP contribution >= 0.6 is 11.6 Å². The number of amides is 1. The van der Waals surface area contributed by atoms with Crippen molar-refractivity contribution in [1.29, 1.82) is 0 Å². The predicted molar refractivity (Wildman–Crippen MR) is 70.4 cm³/mol. The Labute approximate surface area is 116 Å². The minimum atomic E-state index is -0.302. The summed E-state index contributed by atoms with van der Waals surface area (Å²) in [5.41, 5.74) is 0. The van der Waals surface area contributed by atoms with Crippen molar-refractivity contribution in [2.45, 2.75) is 6.10 Å². The fourth-order valence-corrected chi connectivity index (χ4v) is 2.03. The first-order valence-electron chi connectivity index (χ1n) is 6.07. The fraction of sp³-hybridized carbons (Fsp3) is 0.462. The third kappa shape index (κ3) is 4.09. The molecule has 1 aromatic rings. The van der Waals surface area contributed by atoms with Gasteiger partial charge in [0.05, 0.1) is 19.3 Å². The second-order valence-electron chi connectivity index (χ2n) is 4.26. The molecule has 2 rings (SSSR count). The molecule has 0 radical (unpaired) electrons. The molecule has 1 heterocycles. The Morgan fingerprint density at radius 3 is 3.16 bits per heavy atom. The zero-order valence-electron chi connectivity index (χ0n) is 10.4. The van der Waals surface area contributed by atoms with Crippen LogP contribution in [0.3, 0.4) is 0 Å². The molecule has 0 saturated carbocycles. The van der Waals surface area contributed by atoms with Gasteiger partial charge in [-0.05, 0) is 18.2 Å². The number of carbonyl (C=O) groups excluding carboxylic acids is 1. The van der Waals surface area contributed by atoms with E-state index in [9.17, 15) is 4.79 Å². The van der Waals surface area contributed by atoms with Crippen LogP contribution in [-0.2, 0) is 9.53 Å². The van der Waals surface area contributed by atoms with E-state index < -0.39 is 0 Å². The van der Waals surface area contributed by atoms with Crippen molar-refractivity contribution in [3.63, 3.8) is 0 Å². The van der Waals surface area contributed by atoms with E-state index in [1.807, 2.05) is 0 Å². The number of hydrogen-bond donors (Lipinski definition) is 1. The van der Waals surface area contributed by atoms with Crippen LogP contribution in [0.1, 0.15) is 0 Å². The molecule has 0 aliphatic carbocycles. The van der Waals surface area contributed by atoms with Crippen LogP contribution in [0.2, 0.25) is 5.02 Å². The predicted octanol–water partition coefficient (Wildman–Crippen LogP) is 0.938. The number of nitrogens with zero attached hydrogens (tertiary/aromatic N) is 1. The summed E-state index contributed by atoms with van der Waals surface area (Å²) in [6.45, 7) is 1.23. The van der Waals surface area contributed by atoms with Crippen LogP contribution in [0.15, 0.2) is 24.3 Å². The first kappa shape index (κ1) is 14.1. The molecule has 1 N–H and O–H groups in total. The molecule has 1 unspecified atom stereocenters. The summed E-state index contributed by atoms with van der Waals surface area (Å²) >= 11 is 5.83. The number of morpholine rings is 1. The number of benzene rings is 1. The van der Waals surface area contributed by atoms with E-state index >= 15 is 0 Å². The standard InChI is InChI=1S/C13H16ClNO4/c14-10-2-1-3-11(6-10)19-9-13(17)15-4-5-18-12(7-15)8-16/h1-3,6,12,16H,4-5,7-9H2. The fourth-order valence-electron chi connectivity index (χ4n) is 1.85. The highest BCUT2D eigenvalue weighted by atomic mass is 35.5. The molecule has 1 fully saturated rings. The maximum Gasteiger partial charge on any atom is 0.260 e. The summed E-state index contributed by atoms with van der Waals surface area (Å²) in [4.78, 5) is 13.6. The average molecular weight is 286 g/mol. The lowest BCUT2D eigenvalue weighted by Gasteiger charge is -2.31. The number of ether oxygens (including phenoxy) is 2. The summed E-state index contributed by atoms with van der Waals surface area (Å²) in [6.07, 6.45) is -0.302. The third-order valence-corrected chi connectivity index (χ3v) is 3.09. The van der Waals surface area contributed by atoms with Gasteiger partial charge in [0, 0.05) is 18.1 Å². The molecule has 1 saturated heterocycles. The van der Waals surface area contributed by atoms with Gasteiger partial charge in [0.1, 0.15) is 5.75 Å². The molecular formula is C13H16ClNO4. The maximum atomic E-state index is 11.9. The van der Waals surface area contributed by atoms with Crippen LogP contribution in [0.5, 0.6) is 5.75 Å². The number of rotatable bonds is 4. The van der Waals surface area contributed by atoms with Crippen molar-refractivity contribution in [2.75, 3.05) is 32.9 Å². The Balaban J connectivity index is 1.84. The Bertz CT molecular complexity index is 440. The van der Waals surface area contributed by atoms with Gasteiger partial charge in [-0.3, -0.25) is 4.79 Å². The summed E-state index contributed by atoms with van der Waals surface area (Å²) in [5.74, 6) is 0.439. The van der Waals surface area contributed by atoms with Crippen molar-refractivity contribution in [1.82, 2.24) is 4.90 Å². The highest BCUT2D eigenvalue weighted by molar-refractivity contribution is 6.30. The topological polar surface area (TPSA) is 59.0 Å². The Morgan fingerprint density at radius 1 is 1.58 bits per heavy atom. The normalized spacial score (nSPS) is 19.3. The van der Waals surface area contributed by atoms with E-state index in [0.29, 0.717) is 30.5 Å². The second-order valence-corrected chi connectivity index (χ2v) is 4.70. The minimum Gasteiger partial charge on any atom is -0.484 e. The molecule has 0 spiro atoms. The Kier molecular flexibility index (Phi) is 5.01. The Hall–Kier alpha value is -1.30. The SMILES string of the molecule is O=C(COc1cccc(Cl)c1)N1CCOC(CO)C1. The van der Waals surface area contributed by atoms with Crippen LogP contribution in [-0.4, -0.2) is 54.9 Å². The first-order chi connectivity index (χ1) is 9.19. The number of carbonyl (C=O) groups is 1. The highest BCUT2D eigenvalue weighted by Gasteiger charge is 2.23. The van der Waals surface area contributed by atoms with Crippen molar-refractivity contribution in [3.05, 3.63) is 29.3 Å². The van der Waals surface area contributed by atoms with Gasteiger partial charge >= 0.3 is 0 Å². The second kappa shape index (κ2) is 6.75. The number of aliphatic hydroxyl groups excluding tert-OH is 1. The minimum absolute atomic E-state index is 0.0432. The molecular weight excluding hydrogens is 270 g/mol. The zero-order valence-corrected chi connectivity index (χ0v) is 11.2. The molecule has 1 aromatic carbocycles. The lowest BCUT2D eigenvalue weighted by atomic mass is 10.3. The first-order valence-corrected chi connectivity index (χ1v) is 6.45. The van der Waals surface area contributed by atoms with E-state index in [0.717, 1.165) is 0 Å². The van der Waals surface area contributed by atoms with Crippen molar-refractivity contribution in [2.24, 2.45) is 0 Å². The van der Waals surface area contributed by atoms with Gasteiger partial charge in [-0.15, -0.1) is 0 Å². The van der Waals surface area contributed by atoms with Crippen molar-refractivity contribution >= 4 is 17.5 Å². The van der Waals surface area contributed by atoms with Gasteiger partial charge in [-0.1, -0.05) is 17.7 Å². The molecule has 1 amide bonds. The highest BCUT2D eigenvalue weighted by Crippen LogP contribution is 2.17. The third-order valence-electron chi connectivity index (χ3n) is 2.85. The summed E-state index contributed by atoms with van der Waals surface area (Å²) in [5, 5.41) is 9.59. The Morgan fingerprint density at radius 2 is 2.42 bits per heavy atom. The lowest BCUT2D eigenvalue weighted by Crippen LogP contribution is -2.48. The smallest absolute Gasteiger partial charge is 0.260 e. The molecule has 1 aliphatic heterocycles. The molecule has 5 nitrogen and oxygen atoms in total. The lowest BCUT2D eigenvalue weighted by molar-refractivity contribution is -0.142. The van der Waals surface area contributed by atoms with E-state index in [4.69, 9.17) is 26.2 Å². The van der Waals surface area contributed by atoms with Gasteiger partial charge in [0.25, 0.3) is 5.91 Å². The monoisotopic (exact) mass is 285 g/mol. The molecule has 6 heteroatoms. The van der Waals surface area contributed by atoms with Gasteiger partial charge in [-0.25, -0.2) is 0 Å². The molecule has 0 bridgehead atoms. The molecule has 1 atom stereocenters. The van der Waals surface area contributed by atoms with E-state index in [-0.39, 0.29) is 25.2 Å². The number of hydrogen-bond acceptors (Lipinski definition) is 4. The zero-order chi connectivity index (χ0) is 13.7. The van der Waals surface area contributed by atoms with Crippen LogP contribution in [0, 0.1) is 0 Å². The van der Waals surface area contributed by atoms with E-state index in [1.54, 1.807) is 29.2 Å². The summed E-state index contributed by atoms with van der Waals surface area (Å²) < 4.78 is 10.7. The molecule has 104 valence electrons. The van der Waals surface area contributed by atoms with Crippen LogP contribution in [0.4, 0.5) is 0 Å². The summed E-state index contributed by atoms with van der Waals surface area (Å²) in [7, 11) is 0.